The number of likely N-dealkylation sites (tertiary alicyclic amines) is 1. The van der Waals surface area contributed by atoms with E-state index in [1.807, 2.05) is 17.7 Å². The number of ether oxygens (including phenoxy) is 1. The van der Waals surface area contributed by atoms with Crippen LogP contribution in [0.1, 0.15) is 30.7 Å². The smallest absolute Gasteiger partial charge is 0.295 e. The summed E-state index contributed by atoms with van der Waals surface area (Å²) in [6.07, 6.45) is 7.25. The lowest BCUT2D eigenvalue weighted by Crippen LogP contribution is -2.31. The van der Waals surface area contributed by atoms with Crippen LogP contribution in [-0.2, 0) is 16.1 Å². The Hall–Kier alpha value is -3.52. The molecule has 1 aliphatic rings. The highest BCUT2D eigenvalue weighted by molar-refractivity contribution is 6.46. The standard InChI is InChI=1S/C23H22ClN3O5/c1-2-31-17-7-6-15(13-16(17)24)21(28)19-20(18-5-3-12-32-18)27(23(30)22(19)29)10-4-9-26-11-8-25-14-26/h3,5-8,11-14,20,28H,2,4,9-10H2,1H3/b21-19+/t20-/m0/s1. The molecule has 2 aromatic heterocycles. The van der Waals surface area contributed by atoms with Crippen LogP contribution in [0.5, 0.6) is 5.75 Å². The summed E-state index contributed by atoms with van der Waals surface area (Å²) in [5, 5.41) is 11.3. The van der Waals surface area contributed by atoms with E-state index >= 15 is 0 Å². The number of hydrogen-bond acceptors (Lipinski definition) is 6. The van der Waals surface area contributed by atoms with Crippen LogP contribution in [0.15, 0.2) is 65.3 Å². The van der Waals surface area contributed by atoms with Crippen molar-refractivity contribution in [1.29, 1.82) is 0 Å². The molecule has 4 rings (SSSR count). The van der Waals surface area contributed by atoms with Crippen LogP contribution < -0.4 is 4.74 Å². The number of hydrogen-bond donors (Lipinski definition) is 1. The van der Waals surface area contributed by atoms with Gasteiger partial charge in [-0.2, -0.15) is 0 Å². The molecule has 0 saturated carbocycles. The SMILES string of the molecule is CCOc1ccc(/C(O)=C2\C(=O)C(=O)N(CCCn3ccnc3)[C@H]2c2ccco2)cc1Cl. The van der Waals surface area contributed by atoms with Gasteiger partial charge >= 0.3 is 0 Å². The first kappa shape index (κ1) is 21.7. The Morgan fingerprint density at radius 2 is 2.12 bits per heavy atom. The Balaban J connectivity index is 1.68. The van der Waals surface area contributed by atoms with Crippen molar-refractivity contribution in [1.82, 2.24) is 14.5 Å². The molecule has 1 atom stereocenters. The molecule has 1 aromatic carbocycles. The zero-order valence-electron chi connectivity index (χ0n) is 17.4. The molecular formula is C23H22ClN3O5. The zero-order valence-corrected chi connectivity index (χ0v) is 18.2. The normalized spacial score (nSPS) is 17.8. The van der Waals surface area contributed by atoms with E-state index in [0.29, 0.717) is 48.2 Å². The van der Waals surface area contributed by atoms with Gasteiger partial charge in [-0.3, -0.25) is 9.59 Å². The van der Waals surface area contributed by atoms with Crippen molar-refractivity contribution >= 4 is 29.1 Å². The topological polar surface area (TPSA) is 97.8 Å². The molecule has 3 heterocycles. The quantitative estimate of drug-likeness (QED) is 0.313. The van der Waals surface area contributed by atoms with Gasteiger partial charge in [-0.1, -0.05) is 11.6 Å². The average Bonchev–Trinajstić information content (AvgIpc) is 3.53. The van der Waals surface area contributed by atoms with Gasteiger partial charge in [0.15, 0.2) is 0 Å². The van der Waals surface area contributed by atoms with Gasteiger partial charge in [-0.25, -0.2) is 4.98 Å². The molecule has 3 aromatic rings. The molecule has 1 saturated heterocycles. The van der Waals surface area contributed by atoms with E-state index < -0.39 is 17.7 Å². The van der Waals surface area contributed by atoms with E-state index in [4.69, 9.17) is 20.8 Å². The van der Waals surface area contributed by atoms with E-state index in [1.165, 1.54) is 17.2 Å². The number of carbonyl (C=O) groups excluding carboxylic acids is 2. The van der Waals surface area contributed by atoms with Crippen LogP contribution in [0.25, 0.3) is 5.76 Å². The minimum Gasteiger partial charge on any atom is -0.507 e. The summed E-state index contributed by atoms with van der Waals surface area (Å²) in [6.45, 7) is 3.20. The van der Waals surface area contributed by atoms with E-state index in [0.717, 1.165) is 0 Å². The maximum Gasteiger partial charge on any atom is 0.295 e. The van der Waals surface area contributed by atoms with Gasteiger partial charge < -0.3 is 23.7 Å². The second-order valence-electron chi connectivity index (χ2n) is 7.24. The molecule has 0 bridgehead atoms. The molecule has 9 heteroatoms. The van der Waals surface area contributed by atoms with Crippen molar-refractivity contribution in [2.75, 3.05) is 13.2 Å². The van der Waals surface area contributed by atoms with Crippen molar-refractivity contribution in [3.8, 4) is 5.75 Å². The highest BCUT2D eigenvalue weighted by atomic mass is 35.5. The van der Waals surface area contributed by atoms with Crippen LogP contribution in [-0.4, -0.2) is 44.4 Å². The zero-order chi connectivity index (χ0) is 22.7. The fourth-order valence-electron chi connectivity index (χ4n) is 3.77. The number of halogens is 1. The summed E-state index contributed by atoms with van der Waals surface area (Å²) >= 11 is 6.26. The van der Waals surface area contributed by atoms with E-state index in [1.54, 1.807) is 36.8 Å². The Labute approximate surface area is 189 Å². The molecule has 0 unspecified atom stereocenters. The predicted octanol–water partition coefficient (Wildman–Crippen LogP) is 4.04. The number of amides is 1. The molecule has 0 aliphatic carbocycles. The molecule has 1 fully saturated rings. The Morgan fingerprint density at radius 1 is 1.28 bits per heavy atom. The average molecular weight is 456 g/mol. The lowest BCUT2D eigenvalue weighted by atomic mass is 9.99. The summed E-state index contributed by atoms with van der Waals surface area (Å²) in [6, 6.07) is 7.24. The fourth-order valence-corrected chi connectivity index (χ4v) is 4.01. The van der Waals surface area contributed by atoms with Gasteiger partial charge in [-0.15, -0.1) is 0 Å². The van der Waals surface area contributed by atoms with Crippen molar-refractivity contribution in [2.45, 2.75) is 25.9 Å². The Morgan fingerprint density at radius 3 is 2.78 bits per heavy atom. The fraction of sp³-hybridized carbons (Fsp3) is 0.261. The van der Waals surface area contributed by atoms with Crippen molar-refractivity contribution in [3.05, 3.63) is 77.2 Å². The Kier molecular flexibility index (Phi) is 6.32. The first-order valence-corrected chi connectivity index (χ1v) is 10.6. The third-order valence-corrected chi connectivity index (χ3v) is 5.53. The monoisotopic (exact) mass is 455 g/mol. The number of aliphatic hydroxyl groups excluding tert-OH is 1. The number of ketones is 1. The maximum absolute atomic E-state index is 13.0. The molecule has 32 heavy (non-hydrogen) atoms. The highest BCUT2D eigenvalue weighted by Gasteiger charge is 2.47. The summed E-state index contributed by atoms with van der Waals surface area (Å²) < 4.78 is 12.9. The summed E-state index contributed by atoms with van der Waals surface area (Å²) in [5.74, 6) is -0.905. The van der Waals surface area contributed by atoms with Crippen LogP contribution >= 0.6 is 11.6 Å². The molecular weight excluding hydrogens is 434 g/mol. The summed E-state index contributed by atoms with van der Waals surface area (Å²) in [5.41, 5.74) is 0.277. The first-order valence-electron chi connectivity index (χ1n) is 10.2. The second-order valence-corrected chi connectivity index (χ2v) is 7.65. The second kappa shape index (κ2) is 9.32. The van der Waals surface area contributed by atoms with E-state index in [-0.39, 0.29) is 11.3 Å². The number of imidazole rings is 1. The minimum atomic E-state index is -0.835. The Bertz CT molecular complexity index is 1140. The van der Waals surface area contributed by atoms with Gasteiger partial charge in [0.2, 0.25) is 0 Å². The number of aliphatic hydroxyl groups is 1. The molecule has 8 nitrogen and oxygen atoms in total. The minimum absolute atomic E-state index is 0.0344. The predicted molar refractivity (Wildman–Crippen MR) is 117 cm³/mol. The summed E-state index contributed by atoms with van der Waals surface area (Å²) in [7, 11) is 0. The van der Waals surface area contributed by atoms with Gasteiger partial charge in [0.1, 0.15) is 23.3 Å². The van der Waals surface area contributed by atoms with Gasteiger partial charge in [0.05, 0.1) is 29.8 Å². The molecule has 1 aliphatic heterocycles. The maximum atomic E-state index is 13.0. The first-order chi connectivity index (χ1) is 15.5. The lowest BCUT2D eigenvalue weighted by molar-refractivity contribution is -0.140. The van der Waals surface area contributed by atoms with Gasteiger partial charge in [0.25, 0.3) is 11.7 Å². The van der Waals surface area contributed by atoms with Crippen LogP contribution in [0.2, 0.25) is 5.02 Å². The third-order valence-electron chi connectivity index (χ3n) is 5.23. The van der Waals surface area contributed by atoms with Crippen LogP contribution in [0, 0.1) is 0 Å². The number of carbonyl (C=O) groups is 2. The van der Waals surface area contributed by atoms with Crippen molar-refractivity contribution < 1.29 is 23.8 Å². The van der Waals surface area contributed by atoms with Crippen LogP contribution in [0.4, 0.5) is 0 Å². The molecule has 1 N–H and O–H groups in total. The largest absolute Gasteiger partial charge is 0.507 e. The molecule has 1 amide bonds. The van der Waals surface area contributed by atoms with Crippen molar-refractivity contribution in [2.24, 2.45) is 0 Å². The third kappa shape index (κ3) is 4.13. The van der Waals surface area contributed by atoms with Crippen LogP contribution in [0.3, 0.4) is 0 Å². The number of furan rings is 1. The molecule has 0 radical (unpaired) electrons. The van der Waals surface area contributed by atoms with Crippen molar-refractivity contribution in [3.63, 3.8) is 0 Å². The number of aryl methyl sites for hydroxylation is 1. The number of rotatable bonds is 8. The molecule has 166 valence electrons. The van der Waals surface area contributed by atoms with E-state index in [9.17, 15) is 14.7 Å². The number of nitrogens with zero attached hydrogens (tertiary/aromatic N) is 3. The number of Topliss-reactive ketones (excluding diaryl/α,β-unsaturated/α-hetero) is 1. The highest BCUT2D eigenvalue weighted by Crippen LogP contribution is 2.40. The van der Waals surface area contributed by atoms with E-state index in [2.05, 4.69) is 4.98 Å². The van der Waals surface area contributed by atoms with Gasteiger partial charge in [-0.05, 0) is 43.7 Å². The summed E-state index contributed by atoms with van der Waals surface area (Å²) in [4.78, 5) is 31.3. The number of benzene rings is 1. The number of aromatic nitrogens is 2. The lowest BCUT2D eigenvalue weighted by Gasteiger charge is -2.23. The molecule has 0 spiro atoms. The van der Waals surface area contributed by atoms with Gasteiger partial charge in [0, 0.05) is 31.0 Å².